The van der Waals surface area contributed by atoms with E-state index in [1.807, 2.05) is 0 Å². The van der Waals surface area contributed by atoms with Crippen LogP contribution >= 0.6 is 0 Å². The van der Waals surface area contributed by atoms with Crippen LogP contribution in [0.4, 0.5) is 0 Å². The number of hydrogen-bond acceptors (Lipinski definition) is 3. The number of hydrogen-bond donors (Lipinski definition) is 0. The molecule has 0 aromatic rings. The van der Waals surface area contributed by atoms with Crippen LogP contribution in [-0.2, 0) is 26.1 Å². The zero-order valence-electron chi connectivity index (χ0n) is 3.93. The molecule has 0 saturated carbocycles. The number of rotatable bonds is 0. The van der Waals surface area contributed by atoms with Gasteiger partial charge in [0, 0.05) is 6.26 Å². The maximum absolute atomic E-state index is 9.08. The summed E-state index contributed by atoms with van der Waals surface area (Å²) in [4.78, 5) is 0. The van der Waals surface area contributed by atoms with E-state index in [1.54, 1.807) is 5.82 Å². The Bertz CT molecular complexity index is 96.1. The Hall–Kier alpha value is 0.429. The Labute approximate surface area is 51.7 Å². The van der Waals surface area contributed by atoms with E-state index >= 15 is 0 Å². The molecule has 0 rings (SSSR count). The van der Waals surface area contributed by atoms with Crippen LogP contribution in [0.2, 0.25) is 5.82 Å². The Morgan fingerprint density at radius 3 is 1.43 bits per heavy atom. The summed E-state index contributed by atoms with van der Waals surface area (Å²) in [5, 5.41) is 0. The van der Waals surface area contributed by atoms with Crippen LogP contribution in [0.1, 0.15) is 0 Å². The zero-order chi connectivity index (χ0) is 6.50. The molecule has 0 spiro atoms. The van der Waals surface area contributed by atoms with E-state index in [4.69, 9.17) is 13.0 Å². The molecule has 0 fully saturated rings. The van der Waals surface area contributed by atoms with Crippen molar-refractivity contribution in [3.05, 3.63) is 0 Å². The minimum absolute atomic E-state index is 0.604. The average Bonchev–Trinajstić information content (AvgIpc) is 1.36. The van der Waals surface area contributed by atoms with Crippen LogP contribution in [0.15, 0.2) is 0 Å². The van der Waals surface area contributed by atoms with Gasteiger partial charge in [0.15, 0.2) is 0 Å². The van der Waals surface area contributed by atoms with E-state index in [-0.39, 0.29) is 0 Å². The topological polar surface area (TPSA) is 57.2 Å². The Morgan fingerprint density at radius 1 is 1.43 bits per heavy atom. The van der Waals surface area contributed by atoms with Crippen molar-refractivity contribution < 1.29 is 29.0 Å². The summed E-state index contributed by atoms with van der Waals surface area (Å²) in [6.07, 6.45) is 0.604. The summed E-state index contributed by atoms with van der Waals surface area (Å²) in [7, 11) is -3.92. The molecule has 0 unspecified atom stereocenters. The van der Waals surface area contributed by atoms with Crippen molar-refractivity contribution >= 4 is 10.1 Å². The van der Waals surface area contributed by atoms with Gasteiger partial charge < -0.3 is 4.55 Å². The molecule has 0 amide bonds. The summed E-state index contributed by atoms with van der Waals surface area (Å²) >= 11 is 4.19. The van der Waals surface area contributed by atoms with Gasteiger partial charge in [-0.25, -0.2) is 8.42 Å². The van der Waals surface area contributed by atoms with Crippen LogP contribution in [0.3, 0.4) is 0 Å². The summed E-state index contributed by atoms with van der Waals surface area (Å²) in [5.41, 5.74) is 0. The molecule has 7 heavy (non-hydrogen) atoms. The Kier molecular flexibility index (Phi) is 6.82. The van der Waals surface area contributed by atoms with Crippen molar-refractivity contribution in [2.45, 2.75) is 5.82 Å². The molecule has 5 heteroatoms. The standard InChI is InChI=1S/CH4O3S.CH3.Cu/c1-5(2,3)4;;/h1H3,(H,2,3,4);1H3;/q;;+1/p-1. The zero-order valence-corrected chi connectivity index (χ0v) is 5.69. The van der Waals surface area contributed by atoms with Crippen LogP contribution < -0.4 is 0 Å². The molecule has 0 heterocycles. The fraction of sp³-hybridized carbons (Fsp3) is 1.00. The van der Waals surface area contributed by atoms with E-state index in [0.29, 0.717) is 6.26 Å². The average molecular weight is 174 g/mol. The third-order valence-electron chi connectivity index (χ3n) is 0. The second kappa shape index (κ2) is 4.59. The van der Waals surface area contributed by atoms with E-state index in [9.17, 15) is 0 Å². The fourth-order valence-electron chi connectivity index (χ4n) is 0. The van der Waals surface area contributed by atoms with Gasteiger partial charge in [-0.1, -0.05) is 0 Å². The van der Waals surface area contributed by atoms with Gasteiger partial charge >= 0.3 is 21.8 Å². The summed E-state index contributed by atoms with van der Waals surface area (Å²) < 4.78 is 27.2. The first-order chi connectivity index (χ1) is 3.00. The van der Waals surface area contributed by atoms with E-state index in [0.717, 1.165) is 0 Å². The second-order valence-corrected chi connectivity index (χ2v) is 2.11. The summed E-state index contributed by atoms with van der Waals surface area (Å²) in [6.45, 7) is 0. The van der Waals surface area contributed by atoms with Gasteiger partial charge in [0.2, 0.25) is 0 Å². The molecule has 0 aliphatic heterocycles. The predicted octanol–water partition coefficient (Wildman–Crippen LogP) is -0.257. The Balaban J connectivity index is 0. The van der Waals surface area contributed by atoms with Gasteiger partial charge in [0.1, 0.15) is 0 Å². The molecule has 0 radical (unpaired) electrons. The van der Waals surface area contributed by atoms with Crippen LogP contribution in [0, 0.1) is 0 Å². The molecule has 0 N–H and O–H groups in total. The van der Waals surface area contributed by atoms with Gasteiger partial charge in [-0.2, -0.15) is 0 Å². The Morgan fingerprint density at radius 2 is 1.43 bits per heavy atom. The first-order valence-electron chi connectivity index (χ1n) is 1.21. The first kappa shape index (κ1) is 10.4. The fourth-order valence-corrected chi connectivity index (χ4v) is 0. The van der Waals surface area contributed by atoms with Gasteiger partial charge in [0.25, 0.3) is 0 Å². The van der Waals surface area contributed by atoms with Crippen LogP contribution in [-0.4, -0.2) is 19.2 Å². The minimum atomic E-state index is -3.92. The van der Waals surface area contributed by atoms with Crippen LogP contribution in [0.25, 0.3) is 0 Å². The third kappa shape index (κ3) is 684. The van der Waals surface area contributed by atoms with Gasteiger partial charge in [-0.05, 0) is 0 Å². The predicted molar refractivity (Wildman–Crippen MR) is 21.5 cm³/mol. The van der Waals surface area contributed by atoms with E-state index < -0.39 is 10.1 Å². The molecule has 0 aromatic heterocycles. The third-order valence-corrected chi connectivity index (χ3v) is 0. The van der Waals surface area contributed by atoms with Crippen molar-refractivity contribution in [1.82, 2.24) is 0 Å². The molecule has 0 aromatic carbocycles. The van der Waals surface area contributed by atoms with Crippen molar-refractivity contribution in [3.63, 3.8) is 0 Å². The summed E-state index contributed by atoms with van der Waals surface area (Å²) in [6, 6.07) is 0. The maximum atomic E-state index is 9.08. The quantitative estimate of drug-likeness (QED) is 0.375. The van der Waals surface area contributed by atoms with Crippen molar-refractivity contribution in [1.29, 1.82) is 0 Å². The molecule has 0 aliphatic carbocycles. The summed E-state index contributed by atoms with van der Waals surface area (Å²) in [5.74, 6) is 1.56. The molecule has 3 nitrogen and oxygen atoms in total. The van der Waals surface area contributed by atoms with Gasteiger partial charge in [-0.15, -0.1) is 0 Å². The second-order valence-electron chi connectivity index (χ2n) is 0.704. The van der Waals surface area contributed by atoms with Gasteiger partial charge in [-0.3, -0.25) is 0 Å². The van der Waals surface area contributed by atoms with E-state index in [1.165, 1.54) is 0 Å². The molecule has 0 aliphatic rings. The van der Waals surface area contributed by atoms with E-state index in [2.05, 4.69) is 16.0 Å². The molecule has 49 valence electrons. The monoisotopic (exact) mass is 173 g/mol. The molecular weight excluding hydrogens is 168 g/mol. The van der Waals surface area contributed by atoms with Crippen molar-refractivity contribution in [2.24, 2.45) is 0 Å². The molecular formula is C2H6CuO3S. The van der Waals surface area contributed by atoms with Crippen molar-refractivity contribution in [2.75, 3.05) is 6.26 Å². The van der Waals surface area contributed by atoms with Gasteiger partial charge in [0.05, 0.1) is 10.1 Å². The molecule has 0 bridgehead atoms. The molecule has 0 atom stereocenters. The normalized spacial score (nSPS) is 9.29. The van der Waals surface area contributed by atoms with Crippen LogP contribution in [0.5, 0.6) is 0 Å². The molecule has 0 saturated heterocycles. The SMILES string of the molecule is CS(=O)(=O)[O-].[CH3][Cu+]. The first-order valence-corrected chi connectivity index (χ1v) is 3.97. The van der Waals surface area contributed by atoms with Crippen molar-refractivity contribution in [3.8, 4) is 0 Å².